The van der Waals surface area contributed by atoms with Crippen LogP contribution in [0.5, 0.6) is 11.5 Å². The molecule has 1 heterocycles. The van der Waals surface area contributed by atoms with Crippen molar-refractivity contribution in [1.82, 2.24) is 5.32 Å². The summed E-state index contributed by atoms with van der Waals surface area (Å²) in [6.07, 6.45) is 2.53. The van der Waals surface area contributed by atoms with E-state index in [1.54, 1.807) is 0 Å². The summed E-state index contributed by atoms with van der Waals surface area (Å²) < 4.78 is 11.5. The lowest BCUT2D eigenvalue weighted by molar-refractivity contribution is -0.134. The Labute approximate surface area is 106 Å². The summed E-state index contributed by atoms with van der Waals surface area (Å²) in [7, 11) is 0. The van der Waals surface area contributed by atoms with Crippen molar-refractivity contribution in [2.24, 2.45) is 0 Å². The molecule has 0 radical (unpaired) electrons. The molecule has 96 valence electrons. The second-order valence-corrected chi connectivity index (χ2v) is 4.94. The summed E-state index contributed by atoms with van der Waals surface area (Å²) >= 11 is 0. The van der Waals surface area contributed by atoms with Crippen LogP contribution in [-0.2, 0) is 4.79 Å². The fourth-order valence-electron chi connectivity index (χ4n) is 2.24. The molecular formula is C14H17NO3. The molecule has 1 aromatic carbocycles. The molecule has 1 fully saturated rings. The largest absolute Gasteiger partial charge is 0.482 e. The molecule has 4 heteroatoms. The molecule has 1 N–H and O–H groups in total. The van der Waals surface area contributed by atoms with Crippen molar-refractivity contribution in [3.05, 3.63) is 24.3 Å². The van der Waals surface area contributed by atoms with E-state index in [2.05, 4.69) is 5.32 Å². The Hall–Kier alpha value is -1.71. The average molecular weight is 247 g/mol. The second-order valence-electron chi connectivity index (χ2n) is 4.94. The van der Waals surface area contributed by atoms with Crippen molar-refractivity contribution in [3.63, 3.8) is 0 Å². The number of carbonyl (C=O) groups is 1. The maximum atomic E-state index is 12.1. The third-order valence-corrected chi connectivity index (χ3v) is 3.55. The minimum atomic E-state index is -0.555. The predicted molar refractivity (Wildman–Crippen MR) is 66.7 cm³/mol. The number of ether oxygens (including phenoxy) is 2. The lowest BCUT2D eigenvalue weighted by Gasteiger charge is -2.33. The van der Waals surface area contributed by atoms with Crippen molar-refractivity contribution in [1.29, 1.82) is 0 Å². The maximum absolute atomic E-state index is 12.1. The molecule has 1 saturated carbocycles. The second kappa shape index (κ2) is 4.52. The SMILES string of the molecule is CC1Oc2ccccc2OC1C(=O)NC1CCC1. The van der Waals surface area contributed by atoms with Gasteiger partial charge in [-0.2, -0.15) is 0 Å². The Balaban J connectivity index is 1.71. The molecule has 0 aromatic heterocycles. The van der Waals surface area contributed by atoms with Crippen LogP contribution in [0.25, 0.3) is 0 Å². The fourth-order valence-corrected chi connectivity index (χ4v) is 2.24. The predicted octanol–water partition coefficient (Wildman–Crippen LogP) is 1.88. The first-order chi connectivity index (χ1) is 8.74. The van der Waals surface area contributed by atoms with Crippen LogP contribution in [0, 0.1) is 0 Å². The molecule has 1 aliphatic carbocycles. The van der Waals surface area contributed by atoms with E-state index >= 15 is 0 Å². The number of carbonyl (C=O) groups excluding carboxylic acids is 1. The lowest BCUT2D eigenvalue weighted by Crippen LogP contribution is -2.52. The number of fused-ring (bicyclic) bond motifs is 1. The maximum Gasteiger partial charge on any atom is 0.265 e. The molecule has 2 unspecified atom stereocenters. The highest BCUT2D eigenvalue weighted by Gasteiger charge is 2.35. The van der Waals surface area contributed by atoms with Gasteiger partial charge in [0.25, 0.3) is 5.91 Å². The highest BCUT2D eigenvalue weighted by atomic mass is 16.6. The number of amides is 1. The molecule has 1 amide bonds. The minimum Gasteiger partial charge on any atom is -0.482 e. The van der Waals surface area contributed by atoms with Gasteiger partial charge in [-0.15, -0.1) is 0 Å². The van der Waals surface area contributed by atoms with Gasteiger partial charge in [-0.25, -0.2) is 0 Å². The van der Waals surface area contributed by atoms with Gasteiger partial charge in [0.15, 0.2) is 11.5 Å². The normalized spacial score (nSPS) is 26.3. The van der Waals surface area contributed by atoms with E-state index in [1.165, 1.54) is 6.42 Å². The summed E-state index contributed by atoms with van der Waals surface area (Å²) in [6, 6.07) is 7.77. The zero-order valence-corrected chi connectivity index (χ0v) is 10.4. The average Bonchev–Trinajstić information content (AvgIpc) is 2.32. The smallest absolute Gasteiger partial charge is 0.265 e. The van der Waals surface area contributed by atoms with Crippen LogP contribution in [0.2, 0.25) is 0 Å². The van der Waals surface area contributed by atoms with Crippen LogP contribution < -0.4 is 14.8 Å². The number of nitrogens with one attached hydrogen (secondary N) is 1. The van der Waals surface area contributed by atoms with E-state index in [4.69, 9.17) is 9.47 Å². The Morgan fingerprint density at radius 3 is 2.50 bits per heavy atom. The Morgan fingerprint density at radius 1 is 1.22 bits per heavy atom. The van der Waals surface area contributed by atoms with Crippen molar-refractivity contribution < 1.29 is 14.3 Å². The zero-order valence-electron chi connectivity index (χ0n) is 10.4. The monoisotopic (exact) mass is 247 g/mol. The Kier molecular flexibility index (Phi) is 2.86. The van der Waals surface area contributed by atoms with Crippen molar-refractivity contribution in [3.8, 4) is 11.5 Å². The van der Waals surface area contributed by atoms with Gasteiger partial charge >= 0.3 is 0 Å². The van der Waals surface area contributed by atoms with E-state index in [1.807, 2.05) is 31.2 Å². The summed E-state index contributed by atoms with van der Waals surface area (Å²) in [4.78, 5) is 12.1. The quantitative estimate of drug-likeness (QED) is 0.868. The standard InChI is InChI=1S/C14H17NO3/c1-9-13(14(16)15-10-5-4-6-10)18-12-8-3-2-7-11(12)17-9/h2-3,7-10,13H,4-6H2,1H3,(H,15,16). The summed E-state index contributed by atoms with van der Waals surface area (Å²) in [5.74, 6) is 1.28. The molecule has 1 aromatic rings. The molecule has 0 saturated heterocycles. The molecule has 2 aliphatic rings. The topological polar surface area (TPSA) is 47.6 Å². The van der Waals surface area contributed by atoms with Crippen LogP contribution in [0.3, 0.4) is 0 Å². The van der Waals surface area contributed by atoms with Crippen LogP contribution in [0.4, 0.5) is 0 Å². The number of hydrogen-bond acceptors (Lipinski definition) is 3. The summed E-state index contributed by atoms with van der Waals surface area (Å²) in [5.41, 5.74) is 0. The van der Waals surface area contributed by atoms with Gasteiger partial charge in [0.2, 0.25) is 6.10 Å². The van der Waals surface area contributed by atoms with Gasteiger partial charge < -0.3 is 14.8 Å². The van der Waals surface area contributed by atoms with Crippen molar-refractivity contribution >= 4 is 5.91 Å². The number of para-hydroxylation sites is 2. The van der Waals surface area contributed by atoms with Gasteiger partial charge in [-0.05, 0) is 38.3 Å². The third-order valence-electron chi connectivity index (χ3n) is 3.55. The van der Waals surface area contributed by atoms with E-state index in [9.17, 15) is 4.79 Å². The summed E-state index contributed by atoms with van der Waals surface area (Å²) in [5, 5.41) is 3.00. The van der Waals surface area contributed by atoms with E-state index < -0.39 is 6.10 Å². The van der Waals surface area contributed by atoms with Crippen LogP contribution >= 0.6 is 0 Å². The van der Waals surface area contributed by atoms with E-state index in [-0.39, 0.29) is 12.0 Å². The minimum absolute atomic E-state index is 0.0679. The highest BCUT2D eigenvalue weighted by Crippen LogP contribution is 2.33. The summed E-state index contributed by atoms with van der Waals surface area (Å²) in [6.45, 7) is 1.86. The fraction of sp³-hybridized carbons (Fsp3) is 0.500. The first kappa shape index (κ1) is 11.4. The highest BCUT2D eigenvalue weighted by molar-refractivity contribution is 5.82. The number of hydrogen-bond donors (Lipinski definition) is 1. The zero-order chi connectivity index (χ0) is 12.5. The third kappa shape index (κ3) is 2.03. The molecule has 1 aliphatic heterocycles. The van der Waals surface area contributed by atoms with Crippen molar-refractivity contribution in [2.75, 3.05) is 0 Å². The molecule has 2 atom stereocenters. The molecule has 0 bridgehead atoms. The van der Waals surface area contributed by atoms with Gasteiger partial charge in [0.05, 0.1) is 0 Å². The van der Waals surface area contributed by atoms with Crippen LogP contribution in [0.15, 0.2) is 24.3 Å². The molecule has 0 spiro atoms. The number of benzene rings is 1. The van der Waals surface area contributed by atoms with Gasteiger partial charge in [0, 0.05) is 6.04 Å². The van der Waals surface area contributed by atoms with Gasteiger partial charge in [-0.1, -0.05) is 12.1 Å². The first-order valence-electron chi connectivity index (χ1n) is 6.47. The lowest BCUT2D eigenvalue weighted by atomic mass is 9.93. The Morgan fingerprint density at radius 2 is 1.89 bits per heavy atom. The van der Waals surface area contributed by atoms with Gasteiger partial charge in [0.1, 0.15) is 6.10 Å². The van der Waals surface area contributed by atoms with E-state index in [0.717, 1.165) is 12.8 Å². The van der Waals surface area contributed by atoms with Crippen LogP contribution in [-0.4, -0.2) is 24.2 Å². The molecule has 18 heavy (non-hydrogen) atoms. The Bertz CT molecular complexity index is 456. The van der Waals surface area contributed by atoms with Crippen molar-refractivity contribution in [2.45, 2.75) is 44.4 Å². The first-order valence-corrected chi connectivity index (χ1v) is 6.47. The number of rotatable bonds is 2. The molecular weight excluding hydrogens is 230 g/mol. The van der Waals surface area contributed by atoms with Gasteiger partial charge in [-0.3, -0.25) is 4.79 Å². The molecule has 3 rings (SSSR count). The molecule has 4 nitrogen and oxygen atoms in total. The van der Waals surface area contributed by atoms with E-state index in [0.29, 0.717) is 17.5 Å². The van der Waals surface area contributed by atoms with Crippen LogP contribution in [0.1, 0.15) is 26.2 Å².